The number of aliphatic hydroxyl groups is 1. The van der Waals surface area contributed by atoms with Crippen molar-refractivity contribution in [3.05, 3.63) is 47.0 Å². The molecule has 0 radical (unpaired) electrons. The maximum atomic E-state index is 13.3. The van der Waals surface area contributed by atoms with Crippen molar-refractivity contribution < 1.29 is 13.9 Å². The summed E-state index contributed by atoms with van der Waals surface area (Å²) >= 11 is 0. The predicted molar refractivity (Wildman–Crippen MR) is 78.6 cm³/mol. The molecule has 0 unspecified atom stereocenters. The number of hydrogen-bond donors (Lipinski definition) is 1. The summed E-state index contributed by atoms with van der Waals surface area (Å²) in [5.74, 6) is 0.723. The van der Waals surface area contributed by atoms with Gasteiger partial charge in [0.25, 0.3) is 0 Å². The predicted octanol–water partition coefficient (Wildman–Crippen LogP) is 1.98. The molecule has 5 nitrogen and oxygen atoms in total. The number of aromatic nitrogens is 3. The number of rotatable bonds is 4. The van der Waals surface area contributed by atoms with Gasteiger partial charge in [0.15, 0.2) is 11.6 Å². The van der Waals surface area contributed by atoms with Crippen LogP contribution in [0.2, 0.25) is 0 Å². The molecule has 23 heavy (non-hydrogen) atoms. The molecule has 1 atom stereocenters. The molecule has 0 amide bonds. The highest BCUT2D eigenvalue weighted by Gasteiger charge is 2.32. The summed E-state index contributed by atoms with van der Waals surface area (Å²) in [4.78, 5) is 2.06. The number of benzene rings is 1. The molecule has 2 aliphatic rings. The van der Waals surface area contributed by atoms with Crippen LogP contribution in [0.4, 0.5) is 8.78 Å². The van der Waals surface area contributed by atoms with E-state index in [1.807, 2.05) is 0 Å². The molecule has 7 heteroatoms. The largest absolute Gasteiger partial charge is 0.387 e. The smallest absolute Gasteiger partial charge is 0.159 e. The van der Waals surface area contributed by atoms with Gasteiger partial charge in [-0.25, -0.2) is 8.78 Å². The van der Waals surface area contributed by atoms with Crippen LogP contribution in [-0.4, -0.2) is 37.9 Å². The Kier molecular flexibility index (Phi) is 3.61. The second kappa shape index (κ2) is 5.65. The van der Waals surface area contributed by atoms with Gasteiger partial charge >= 0.3 is 0 Å². The molecule has 2 aromatic rings. The van der Waals surface area contributed by atoms with Crippen LogP contribution in [-0.2, 0) is 13.1 Å². The van der Waals surface area contributed by atoms with Crippen molar-refractivity contribution in [2.45, 2.75) is 38.0 Å². The van der Waals surface area contributed by atoms with Gasteiger partial charge in [0.2, 0.25) is 0 Å². The molecule has 122 valence electrons. The van der Waals surface area contributed by atoms with Gasteiger partial charge in [0.05, 0.1) is 12.6 Å². The Morgan fingerprint density at radius 1 is 1.17 bits per heavy atom. The minimum atomic E-state index is -0.936. The van der Waals surface area contributed by atoms with Gasteiger partial charge in [0, 0.05) is 25.6 Å². The maximum Gasteiger partial charge on any atom is 0.159 e. The monoisotopic (exact) mass is 320 g/mol. The van der Waals surface area contributed by atoms with Gasteiger partial charge in [0.1, 0.15) is 11.6 Å². The van der Waals surface area contributed by atoms with Crippen LogP contribution in [0.1, 0.15) is 42.1 Å². The maximum absolute atomic E-state index is 13.3. The van der Waals surface area contributed by atoms with Crippen molar-refractivity contribution in [1.29, 1.82) is 0 Å². The van der Waals surface area contributed by atoms with Crippen molar-refractivity contribution >= 4 is 0 Å². The molecular weight excluding hydrogens is 302 g/mol. The van der Waals surface area contributed by atoms with Gasteiger partial charge in [-0.15, -0.1) is 10.2 Å². The zero-order valence-electron chi connectivity index (χ0n) is 12.6. The minimum Gasteiger partial charge on any atom is -0.387 e. The van der Waals surface area contributed by atoms with Crippen molar-refractivity contribution in [2.75, 3.05) is 13.1 Å². The third-order valence-corrected chi connectivity index (χ3v) is 4.56. The molecule has 4 rings (SSSR count). The van der Waals surface area contributed by atoms with Crippen molar-refractivity contribution in [2.24, 2.45) is 0 Å². The number of nitrogens with zero attached hydrogens (tertiary/aromatic N) is 4. The van der Waals surface area contributed by atoms with Crippen LogP contribution in [0, 0.1) is 11.6 Å². The van der Waals surface area contributed by atoms with Crippen molar-refractivity contribution in [3.63, 3.8) is 0 Å². The van der Waals surface area contributed by atoms with E-state index in [1.54, 1.807) is 0 Å². The summed E-state index contributed by atoms with van der Waals surface area (Å²) in [7, 11) is 0. The van der Waals surface area contributed by atoms with Gasteiger partial charge in [-0.1, -0.05) is 6.07 Å². The highest BCUT2D eigenvalue weighted by molar-refractivity contribution is 5.20. The summed E-state index contributed by atoms with van der Waals surface area (Å²) < 4.78 is 28.4. The van der Waals surface area contributed by atoms with Crippen molar-refractivity contribution in [3.8, 4) is 0 Å². The Morgan fingerprint density at radius 2 is 2.00 bits per heavy atom. The first-order valence-electron chi connectivity index (χ1n) is 7.89. The zero-order chi connectivity index (χ0) is 16.0. The van der Waals surface area contributed by atoms with E-state index in [9.17, 15) is 13.9 Å². The average molecular weight is 320 g/mol. The number of fused-ring (bicyclic) bond motifs is 1. The van der Waals surface area contributed by atoms with Gasteiger partial charge < -0.3 is 9.67 Å². The molecule has 1 fully saturated rings. The summed E-state index contributed by atoms with van der Waals surface area (Å²) in [5.41, 5.74) is 0.384. The summed E-state index contributed by atoms with van der Waals surface area (Å²) in [6.45, 7) is 2.56. The SMILES string of the molecule is O[C@@H](CN1CCn2c(nnc2C2CC2)C1)c1ccc(F)c(F)c1. The summed E-state index contributed by atoms with van der Waals surface area (Å²) in [6, 6.07) is 3.51. The average Bonchev–Trinajstić information content (AvgIpc) is 3.30. The standard InChI is InChI=1S/C16H18F2N4O/c17-12-4-3-11(7-13(12)18)14(23)8-21-5-6-22-15(9-21)19-20-16(22)10-1-2-10/h3-4,7,10,14,23H,1-2,5-6,8-9H2/t14-/m0/s1. The lowest BCUT2D eigenvalue weighted by Crippen LogP contribution is -2.37. The Morgan fingerprint density at radius 3 is 2.74 bits per heavy atom. The first-order valence-corrected chi connectivity index (χ1v) is 7.89. The lowest BCUT2D eigenvalue weighted by atomic mass is 10.1. The first kappa shape index (κ1) is 14.7. The van der Waals surface area contributed by atoms with E-state index < -0.39 is 17.7 Å². The Bertz CT molecular complexity index is 729. The van der Waals surface area contributed by atoms with E-state index in [2.05, 4.69) is 19.7 Å². The molecular formula is C16H18F2N4O. The second-order valence-corrected chi connectivity index (χ2v) is 6.32. The lowest BCUT2D eigenvalue weighted by Gasteiger charge is -2.29. The second-order valence-electron chi connectivity index (χ2n) is 6.32. The van der Waals surface area contributed by atoms with E-state index in [0.717, 1.165) is 36.9 Å². The molecule has 0 spiro atoms. The molecule has 0 bridgehead atoms. The first-order chi connectivity index (χ1) is 11.1. The van der Waals surface area contributed by atoms with E-state index in [-0.39, 0.29) is 0 Å². The quantitative estimate of drug-likeness (QED) is 0.936. The molecule has 1 saturated carbocycles. The Balaban J connectivity index is 1.44. The fourth-order valence-corrected chi connectivity index (χ4v) is 3.10. The minimum absolute atomic E-state index is 0.358. The van der Waals surface area contributed by atoms with Gasteiger partial charge in [-0.3, -0.25) is 4.90 Å². The number of halogens is 2. The number of β-amino-alcohol motifs (C(OH)–C–C–N with tert-alkyl or cyclic N) is 1. The molecule has 1 aliphatic heterocycles. The van der Waals surface area contributed by atoms with E-state index >= 15 is 0 Å². The highest BCUT2D eigenvalue weighted by atomic mass is 19.2. The highest BCUT2D eigenvalue weighted by Crippen LogP contribution is 2.39. The van der Waals surface area contributed by atoms with E-state index in [4.69, 9.17) is 0 Å². The third kappa shape index (κ3) is 2.86. The van der Waals surface area contributed by atoms with Crippen LogP contribution in [0.15, 0.2) is 18.2 Å². The molecule has 1 N–H and O–H groups in total. The van der Waals surface area contributed by atoms with Gasteiger partial charge in [-0.05, 0) is 30.5 Å². The molecule has 1 aromatic heterocycles. The lowest BCUT2D eigenvalue weighted by molar-refractivity contribution is 0.0956. The fourth-order valence-electron chi connectivity index (χ4n) is 3.10. The van der Waals surface area contributed by atoms with Crippen molar-refractivity contribution in [1.82, 2.24) is 19.7 Å². The van der Waals surface area contributed by atoms with E-state index in [0.29, 0.717) is 24.6 Å². The number of aliphatic hydroxyl groups excluding tert-OH is 1. The third-order valence-electron chi connectivity index (χ3n) is 4.56. The van der Waals surface area contributed by atoms with Crippen LogP contribution in [0.25, 0.3) is 0 Å². The van der Waals surface area contributed by atoms with Crippen LogP contribution >= 0.6 is 0 Å². The molecule has 1 aromatic carbocycles. The zero-order valence-corrected chi connectivity index (χ0v) is 12.6. The normalized spacial score (nSPS) is 19.6. The van der Waals surface area contributed by atoms with Crippen LogP contribution < -0.4 is 0 Å². The van der Waals surface area contributed by atoms with Crippen LogP contribution in [0.3, 0.4) is 0 Å². The summed E-state index contributed by atoms with van der Waals surface area (Å²) in [6.07, 6.45) is 1.52. The number of hydrogen-bond acceptors (Lipinski definition) is 4. The van der Waals surface area contributed by atoms with Crippen LogP contribution in [0.5, 0.6) is 0 Å². The Hall–Kier alpha value is -1.86. The molecule has 2 heterocycles. The molecule has 0 saturated heterocycles. The summed E-state index contributed by atoms with van der Waals surface area (Å²) in [5, 5.41) is 18.8. The molecule has 1 aliphatic carbocycles. The Labute approximate surface area is 132 Å². The van der Waals surface area contributed by atoms with Gasteiger partial charge in [-0.2, -0.15) is 0 Å². The topological polar surface area (TPSA) is 54.2 Å². The van der Waals surface area contributed by atoms with E-state index in [1.165, 1.54) is 18.9 Å². The fraction of sp³-hybridized carbons (Fsp3) is 0.500.